The summed E-state index contributed by atoms with van der Waals surface area (Å²) in [5.74, 6) is 0. The van der Waals surface area contributed by atoms with Gasteiger partial charge in [0, 0.05) is 39.8 Å². The molecule has 0 saturated carbocycles. The van der Waals surface area contributed by atoms with E-state index >= 15 is 0 Å². The van der Waals surface area contributed by atoms with Crippen molar-refractivity contribution in [2.24, 2.45) is 0 Å². The van der Waals surface area contributed by atoms with E-state index in [1.165, 1.54) is 0 Å². The highest BCUT2D eigenvalue weighted by Crippen LogP contribution is 2.03. The molecule has 0 aromatic rings. The van der Waals surface area contributed by atoms with E-state index in [9.17, 15) is 5.11 Å². The number of aliphatic hydroxyl groups is 1. The minimum Gasteiger partial charge on any atom is -0.383 e. The first-order chi connectivity index (χ1) is 6.24. The van der Waals surface area contributed by atoms with Crippen LogP contribution in [0.1, 0.15) is 6.92 Å². The lowest BCUT2D eigenvalue weighted by Gasteiger charge is -2.35. The minimum absolute atomic E-state index is 0.301. The first-order valence-electron chi connectivity index (χ1n) is 4.87. The fourth-order valence-corrected chi connectivity index (χ4v) is 1.58. The number of ether oxygens (including phenoxy) is 1. The number of piperazine rings is 1. The first kappa shape index (κ1) is 10.9. The van der Waals surface area contributed by atoms with Gasteiger partial charge in [-0.2, -0.15) is 0 Å². The Labute approximate surface area is 80.1 Å². The molecule has 0 aliphatic carbocycles. The molecule has 13 heavy (non-hydrogen) atoms. The third-order valence-corrected chi connectivity index (χ3v) is 2.55. The van der Waals surface area contributed by atoms with Crippen LogP contribution in [0.15, 0.2) is 0 Å². The van der Waals surface area contributed by atoms with Crippen LogP contribution in [0, 0.1) is 0 Å². The summed E-state index contributed by atoms with van der Waals surface area (Å²) < 4.78 is 5.01. The van der Waals surface area contributed by atoms with Crippen LogP contribution in [0.5, 0.6) is 0 Å². The van der Waals surface area contributed by atoms with Gasteiger partial charge in [-0.3, -0.25) is 9.80 Å². The lowest BCUT2D eigenvalue weighted by Crippen LogP contribution is -2.50. The molecule has 0 aromatic carbocycles. The van der Waals surface area contributed by atoms with Gasteiger partial charge in [0.05, 0.1) is 6.61 Å². The van der Waals surface area contributed by atoms with E-state index in [4.69, 9.17) is 4.74 Å². The van der Waals surface area contributed by atoms with Crippen LogP contribution in [-0.4, -0.2) is 67.6 Å². The summed E-state index contributed by atoms with van der Waals surface area (Å²) in [6.07, 6.45) is -0.301. The van der Waals surface area contributed by atoms with Crippen LogP contribution in [0.2, 0.25) is 0 Å². The van der Waals surface area contributed by atoms with E-state index in [-0.39, 0.29) is 6.23 Å². The maximum absolute atomic E-state index is 9.32. The Morgan fingerprint density at radius 3 is 2.38 bits per heavy atom. The van der Waals surface area contributed by atoms with Crippen molar-refractivity contribution in [2.45, 2.75) is 13.2 Å². The molecule has 0 aromatic heterocycles. The number of aliphatic hydroxyl groups excluding tert-OH is 1. The van der Waals surface area contributed by atoms with E-state index in [0.717, 1.165) is 39.3 Å². The smallest absolute Gasteiger partial charge is 0.104 e. The second kappa shape index (κ2) is 5.54. The Bertz CT molecular complexity index is 134. The summed E-state index contributed by atoms with van der Waals surface area (Å²) in [7, 11) is 1.73. The van der Waals surface area contributed by atoms with Gasteiger partial charge in [0.25, 0.3) is 0 Å². The topological polar surface area (TPSA) is 35.9 Å². The molecule has 0 radical (unpaired) electrons. The molecule has 1 fully saturated rings. The second-order valence-corrected chi connectivity index (χ2v) is 3.50. The van der Waals surface area contributed by atoms with Gasteiger partial charge >= 0.3 is 0 Å². The quantitative estimate of drug-likeness (QED) is 0.650. The number of nitrogens with zero attached hydrogens (tertiary/aromatic N) is 2. The Morgan fingerprint density at radius 2 is 1.92 bits per heavy atom. The van der Waals surface area contributed by atoms with Gasteiger partial charge in [-0.15, -0.1) is 0 Å². The molecule has 1 heterocycles. The van der Waals surface area contributed by atoms with Gasteiger partial charge in [0.15, 0.2) is 0 Å². The fraction of sp³-hybridized carbons (Fsp3) is 1.00. The zero-order valence-corrected chi connectivity index (χ0v) is 8.57. The zero-order valence-electron chi connectivity index (χ0n) is 8.57. The van der Waals surface area contributed by atoms with Crippen molar-refractivity contribution < 1.29 is 9.84 Å². The van der Waals surface area contributed by atoms with Gasteiger partial charge in [-0.25, -0.2) is 0 Å². The highest BCUT2D eigenvalue weighted by molar-refractivity contribution is 4.71. The predicted octanol–water partition coefficient (Wildman–Crippen LogP) is -0.411. The van der Waals surface area contributed by atoms with Gasteiger partial charge < -0.3 is 9.84 Å². The second-order valence-electron chi connectivity index (χ2n) is 3.50. The Hall–Kier alpha value is -0.160. The Kier molecular flexibility index (Phi) is 4.66. The molecule has 0 amide bonds. The van der Waals surface area contributed by atoms with Crippen LogP contribution in [0.25, 0.3) is 0 Å². The largest absolute Gasteiger partial charge is 0.383 e. The van der Waals surface area contributed by atoms with Crippen molar-refractivity contribution in [3.05, 3.63) is 0 Å². The Balaban J connectivity index is 2.15. The lowest BCUT2D eigenvalue weighted by atomic mass is 10.3. The van der Waals surface area contributed by atoms with Gasteiger partial charge in [-0.05, 0) is 6.92 Å². The molecule has 1 aliphatic rings. The molecular weight excluding hydrogens is 168 g/mol. The predicted molar refractivity (Wildman–Crippen MR) is 51.6 cm³/mol. The third kappa shape index (κ3) is 3.60. The number of hydrogen-bond donors (Lipinski definition) is 1. The van der Waals surface area contributed by atoms with Crippen LogP contribution >= 0.6 is 0 Å². The summed E-state index contributed by atoms with van der Waals surface area (Å²) in [6.45, 7) is 7.62. The van der Waals surface area contributed by atoms with Gasteiger partial charge in [0.2, 0.25) is 0 Å². The monoisotopic (exact) mass is 188 g/mol. The van der Waals surface area contributed by atoms with Crippen LogP contribution < -0.4 is 0 Å². The van der Waals surface area contributed by atoms with Gasteiger partial charge in [0.1, 0.15) is 6.23 Å². The fourth-order valence-electron chi connectivity index (χ4n) is 1.58. The van der Waals surface area contributed by atoms with E-state index in [2.05, 4.69) is 9.80 Å². The third-order valence-electron chi connectivity index (χ3n) is 2.55. The maximum atomic E-state index is 9.32. The summed E-state index contributed by atoms with van der Waals surface area (Å²) in [4.78, 5) is 4.45. The minimum atomic E-state index is -0.301. The normalized spacial score (nSPS) is 23.3. The molecule has 4 nitrogen and oxygen atoms in total. The summed E-state index contributed by atoms with van der Waals surface area (Å²) in [5, 5.41) is 9.32. The molecule has 1 aliphatic heterocycles. The highest BCUT2D eigenvalue weighted by atomic mass is 16.5. The Morgan fingerprint density at radius 1 is 1.31 bits per heavy atom. The van der Waals surface area contributed by atoms with Crippen LogP contribution in [-0.2, 0) is 4.74 Å². The van der Waals surface area contributed by atoms with Crippen LogP contribution in [0.3, 0.4) is 0 Å². The molecule has 1 atom stereocenters. The standard InChI is InChI=1S/C9H20N2O2/c1-9(12)11-5-3-10(4-6-11)7-8-13-2/h9,12H,3-8H2,1-2H3. The number of rotatable bonds is 4. The van der Waals surface area contributed by atoms with Crippen molar-refractivity contribution >= 4 is 0 Å². The molecule has 0 bridgehead atoms. The summed E-state index contributed by atoms with van der Waals surface area (Å²) in [6, 6.07) is 0. The SMILES string of the molecule is COCCN1CCN(C(C)O)CC1. The molecular formula is C9H20N2O2. The zero-order chi connectivity index (χ0) is 9.68. The maximum Gasteiger partial charge on any atom is 0.104 e. The molecule has 1 N–H and O–H groups in total. The van der Waals surface area contributed by atoms with Gasteiger partial charge in [-0.1, -0.05) is 0 Å². The van der Waals surface area contributed by atoms with Crippen molar-refractivity contribution in [3.8, 4) is 0 Å². The van der Waals surface area contributed by atoms with E-state index < -0.39 is 0 Å². The average Bonchev–Trinajstić information content (AvgIpc) is 2.15. The molecule has 4 heteroatoms. The highest BCUT2D eigenvalue weighted by Gasteiger charge is 2.18. The first-order valence-corrected chi connectivity index (χ1v) is 4.87. The molecule has 1 saturated heterocycles. The molecule has 0 spiro atoms. The van der Waals surface area contributed by atoms with Crippen molar-refractivity contribution in [1.29, 1.82) is 0 Å². The molecule has 1 unspecified atom stereocenters. The molecule has 1 rings (SSSR count). The van der Waals surface area contributed by atoms with Crippen LogP contribution in [0.4, 0.5) is 0 Å². The van der Waals surface area contributed by atoms with Crippen molar-refractivity contribution in [3.63, 3.8) is 0 Å². The summed E-state index contributed by atoms with van der Waals surface area (Å²) in [5.41, 5.74) is 0. The van der Waals surface area contributed by atoms with E-state index in [0.29, 0.717) is 0 Å². The van der Waals surface area contributed by atoms with E-state index in [1.54, 1.807) is 7.11 Å². The average molecular weight is 188 g/mol. The number of hydrogen-bond acceptors (Lipinski definition) is 4. The van der Waals surface area contributed by atoms with Crippen molar-refractivity contribution in [1.82, 2.24) is 9.80 Å². The molecule has 78 valence electrons. The van der Waals surface area contributed by atoms with Crippen molar-refractivity contribution in [2.75, 3.05) is 46.4 Å². The summed E-state index contributed by atoms with van der Waals surface area (Å²) >= 11 is 0. The lowest BCUT2D eigenvalue weighted by molar-refractivity contribution is -0.0160. The number of methoxy groups -OCH3 is 1. The van der Waals surface area contributed by atoms with E-state index in [1.807, 2.05) is 6.92 Å².